The molecule has 3 rings (SSSR count). The van der Waals surface area contributed by atoms with E-state index in [0.29, 0.717) is 24.9 Å². The minimum atomic E-state index is -0.0296. The molecule has 0 bridgehead atoms. The van der Waals surface area contributed by atoms with E-state index in [4.69, 9.17) is 9.47 Å². The Morgan fingerprint density at radius 3 is 2.96 bits per heavy atom. The lowest BCUT2D eigenvalue weighted by Crippen LogP contribution is -2.42. The van der Waals surface area contributed by atoms with Crippen LogP contribution in [0.4, 0.5) is 5.82 Å². The average molecular weight is 358 g/mol. The number of amides is 1. The van der Waals surface area contributed by atoms with Crippen molar-refractivity contribution in [2.45, 2.75) is 12.8 Å². The molecule has 0 unspecified atom stereocenters. The van der Waals surface area contributed by atoms with Crippen molar-refractivity contribution >= 4 is 11.7 Å². The molecule has 0 spiro atoms. The Hall–Kier alpha value is -2.54. The molecule has 0 radical (unpaired) electrons. The Kier molecular flexibility index (Phi) is 6.12. The predicted octanol–water partition coefficient (Wildman–Crippen LogP) is 2.16. The fraction of sp³-hybridized carbons (Fsp3) is 0.474. The van der Waals surface area contributed by atoms with Crippen LogP contribution in [0.25, 0.3) is 0 Å². The molecule has 1 aliphatic heterocycles. The lowest BCUT2D eigenvalue weighted by molar-refractivity contribution is -0.117. The van der Waals surface area contributed by atoms with Gasteiger partial charge in [0.05, 0.1) is 20.3 Å². The van der Waals surface area contributed by atoms with Gasteiger partial charge in [0.15, 0.2) is 5.82 Å². The second-order valence-corrected chi connectivity index (χ2v) is 6.66. The Bertz CT molecular complexity index is 731. The van der Waals surface area contributed by atoms with Crippen molar-refractivity contribution in [2.24, 2.45) is 13.0 Å². The second-order valence-electron chi connectivity index (χ2n) is 6.66. The summed E-state index contributed by atoms with van der Waals surface area (Å²) in [6.07, 6.45) is 3.99. The molecule has 7 heteroatoms. The molecule has 1 aromatic carbocycles. The highest BCUT2D eigenvalue weighted by Gasteiger charge is 2.22. The van der Waals surface area contributed by atoms with E-state index >= 15 is 0 Å². The van der Waals surface area contributed by atoms with Gasteiger partial charge in [-0.05, 0) is 31.5 Å². The Morgan fingerprint density at radius 1 is 1.35 bits per heavy atom. The van der Waals surface area contributed by atoms with Gasteiger partial charge in [0, 0.05) is 37.8 Å². The minimum absolute atomic E-state index is 0.0296. The summed E-state index contributed by atoms with van der Waals surface area (Å²) in [4.78, 5) is 14.4. The van der Waals surface area contributed by atoms with E-state index in [2.05, 4.69) is 15.3 Å². The topological polar surface area (TPSA) is 68.6 Å². The Labute approximate surface area is 153 Å². The molecule has 0 saturated carbocycles. The minimum Gasteiger partial charge on any atom is -0.497 e. The highest BCUT2D eigenvalue weighted by molar-refractivity contribution is 5.91. The van der Waals surface area contributed by atoms with E-state index in [-0.39, 0.29) is 5.91 Å². The van der Waals surface area contributed by atoms with E-state index in [1.807, 2.05) is 37.5 Å². The number of aryl methyl sites for hydroxylation is 1. The largest absolute Gasteiger partial charge is 0.497 e. The summed E-state index contributed by atoms with van der Waals surface area (Å²) in [6, 6.07) is 9.43. The van der Waals surface area contributed by atoms with E-state index in [9.17, 15) is 4.79 Å². The third kappa shape index (κ3) is 5.23. The molecule has 0 aliphatic carbocycles. The zero-order chi connectivity index (χ0) is 18.4. The van der Waals surface area contributed by atoms with Crippen LogP contribution in [0, 0.1) is 5.92 Å². The number of piperidine rings is 1. The van der Waals surface area contributed by atoms with Gasteiger partial charge in [-0.3, -0.25) is 14.4 Å². The number of likely N-dealkylation sites (tertiary alicyclic amines) is 1. The van der Waals surface area contributed by atoms with Crippen molar-refractivity contribution in [3.8, 4) is 11.5 Å². The number of carbonyl (C=O) groups is 1. The van der Waals surface area contributed by atoms with Gasteiger partial charge in [-0.2, -0.15) is 5.10 Å². The van der Waals surface area contributed by atoms with Crippen molar-refractivity contribution in [3.63, 3.8) is 0 Å². The van der Waals surface area contributed by atoms with Crippen LogP contribution in [0.3, 0.4) is 0 Å². The number of hydrogen-bond acceptors (Lipinski definition) is 5. The van der Waals surface area contributed by atoms with Gasteiger partial charge in [0.1, 0.15) is 11.5 Å². The summed E-state index contributed by atoms with van der Waals surface area (Å²) >= 11 is 0. The number of ether oxygens (including phenoxy) is 2. The molecule has 2 aromatic rings. The van der Waals surface area contributed by atoms with Gasteiger partial charge < -0.3 is 14.8 Å². The van der Waals surface area contributed by atoms with Crippen LogP contribution in [0.1, 0.15) is 12.8 Å². The van der Waals surface area contributed by atoms with Gasteiger partial charge in [-0.15, -0.1) is 0 Å². The molecule has 1 fully saturated rings. The summed E-state index contributed by atoms with van der Waals surface area (Å²) in [5, 5.41) is 7.01. The smallest absolute Gasteiger partial charge is 0.239 e. The van der Waals surface area contributed by atoms with Crippen molar-refractivity contribution in [1.29, 1.82) is 0 Å². The second kappa shape index (κ2) is 8.71. The van der Waals surface area contributed by atoms with Crippen LogP contribution in [-0.2, 0) is 11.8 Å². The van der Waals surface area contributed by atoms with Gasteiger partial charge >= 0.3 is 0 Å². The maximum absolute atomic E-state index is 12.2. The summed E-state index contributed by atoms with van der Waals surface area (Å²) in [5.41, 5.74) is 0. The average Bonchev–Trinajstić information content (AvgIpc) is 3.05. The maximum atomic E-state index is 12.2. The van der Waals surface area contributed by atoms with E-state index in [1.165, 1.54) is 0 Å². The van der Waals surface area contributed by atoms with Crippen LogP contribution >= 0.6 is 0 Å². The number of carbonyl (C=O) groups excluding carboxylic acids is 1. The first-order valence-electron chi connectivity index (χ1n) is 8.91. The highest BCUT2D eigenvalue weighted by Crippen LogP contribution is 2.22. The Morgan fingerprint density at radius 2 is 2.19 bits per heavy atom. The molecule has 140 valence electrons. The molecule has 1 aliphatic rings. The highest BCUT2D eigenvalue weighted by atomic mass is 16.5. The van der Waals surface area contributed by atoms with Crippen molar-refractivity contribution in [1.82, 2.24) is 14.7 Å². The number of rotatable bonds is 7. The summed E-state index contributed by atoms with van der Waals surface area (Å²) in [5.74, 6) is 2.58. The lowest BCUT2D eigenvalue weighted by Gasteiger charge is -2.32. The van der Waals surface area contributed by atoms with Crippen molar-refractivity contribution < 1.29 is 14.3 Å². The van der Waals surface area contributed by atoms with Gasteiger partial charge in [-0.1, -0.05) is 6.07 Å². The standard InChI is InChI=1S/C19H26N4O3/c1-22-10-8-18(21-22)20-19(24)13-23-9-4-5-15(12-23)14-26-17-7-3-6-16(11-17)25-2/h3,6-8,10-11,15H,4-5,9,12-14H2,1-2H3,(H,20,21,24)/t15-/m1/s1. The number of hydrogen-bond donors (Lipinski definition) is 1. The van der Waals surface area contributed by atoms with Crippen LogP contribution in [0.15, 0.2) is 36.5 Å². The molecule has 1 N–H and O–H groups in total. The molecule has 1 atom stereocenters. The zero-order valence-corrected chi connectivity index (χ0v) is 15.4. The van der Waals surface area contributed by atoms with E-state index in [1.54, 1.807) is 17.9 Å². The number of anilines is 1. The third-order valence-corrected chi connectivity index (χ3v) is 4.48. The molecule has 7 nitrogen and oxygen atoms in total. The zero-order valence-electron chi connectivity index (χ0n) is 15.4. The molecule has 1 saturated heterocycles. The summed E-state index contributed by atoms with van der Waals surface area (Å²) < 4.78 is 12.8. The first-order chi connectivity index (χ1) is 12.6. The molecule has 1 aromatic heterocycles. The van der Waals surface area contributed by atoms with Gasteiger partial charge in [0.2, 0.25) is 5.91 Å². The molecule has 1 amide bonds. The third-order valence-electron chi connectivity index (χ3n) is 4.48. The predicted molar refractivity (Wildman–Crippen MR) is 99.5 cm³/mol. The van der Waals surface area contributed by atoms with E-state index in [0.717, 1.165) is 37.4 Å². The molecular weight excluding hydrogens is 332 g/mol. The van der Waals surface area contributed by atoms with Crippen LogP contribution in [0.2, 0.25) is 0 Å². The molecule has 2 heterocycles. The quantitative estimate of drug-likeness (QED) is 0.821. The van der Waals surface area contributed by atoms with Gasteiger partial charge in [0.25, 0.3) is 0 Å². The fourth-order valence-corrected chi connectivity index (χ4v) is 3.20. The fourth-order valence-electron chi connectivity index (χ4n) is 3.20. The molecular formula is C19H26N4O3. The normalized spacial score (nSPS) is 17.7. The number of nitrogens with zero attached hydrogens (tertiary/aromatic N) is 3. The maximum Gasteiger partial charge on any atom is 0.239 e. The monoisotopic (exact) mass is 358 g/mol. The van der Waals surface area contributed by atoms with Crippen molar-refractivity contribution in [3.05, 3.63) is 36.5 Å². The number of nitrogens with one attached hydrogen (secondary N) is 1. The summed E-state index contributed by atoms with van der Waals surface area (Å²) in [7, 11) is 3.47. The van der Waals surface area contributed by atoms with Crippen LogP contribution in [0.5, 0.6) is 11.5 Å². The molecule has 26 heavy (non-hydrogen) atoms. The van der Waals surface area contributed by atoms with Crippen LogP contribution < -0.4 is 14.8 Å². The number of benzene rings is 1. The summed E-state index contributed by atoms with van der Waals surface area (Å²) in [6.45, 7) is 2.82. The Balaban J connectivity index is 1.45. The number of aromatic nitrogens is 2. The first-order valence-corrected chi connectivity index (χ1v) is 8.91. The lowest BCUT2D eigenvalue weighted by atomic mass is 9.99. The number of methoxy groups -OCH3 is 1. The van der Waals surface area contributed by atoms with Gasteiger partial charge in [-0.25, -0.2) is 0 Å². The van der Waals surface area contributed by atoms with Crippen molar-refractivity contribution in [2.75, 3.05) is 38.7 Å². The SMILES string of the molecule is COc1cccc(OC[C@@H]2CCCN(CC(=O)Nc3ccn(C)n3)C2)c1. The van der Waals surface area contributed by atoms with E-state index < -0.39 is 0 Å². The first kappa shape index (κ1) is 18.3. The van der Waals surface area contributed by atoms with Crippen LogP contribution in [-0.4, -0.2) is 53.9 Å².